The first-order chi connectivity index (χ1) is 11.6. The first-order valence-electron chi connectivity index (χ1n) is 8.83. The van der Waals surface area contributed by atoms with Crippen LogP contribution < -0.4 is 0 Å². The molecule has 24 heavy (non-hydrogen) atoms. The van der Waals surface area contributed by atoms with E-state index in [1.165, 1.54) is 22.3 Å². The molecule has 2 heteroatoms. The van der Waals surface area contributed by atoms with Crippen molar-refractivity contribution >= 4 is 0 Å². The fraction of sp³-hybridized carbons (Fsp3) is 0.409. The molecule has 2 aromatic carbocycles. The highest BCUT2D eigenvalue weighted by Gasteiger charge is 2.29. The molecule has 2 nitrogen and oxygen atoms in total. The van der Waals surface area contributed by atoms with Gasteiger partial charge in [-0.3, -0.25) is 4.90 Å². The number of piperidine rings is 1. The Kier molecular flexibility index (Phi) is 5.02. The van der Waals surface area contributed by atoms with Gasteiger partial charge in [-0.1, -0.05) is 61.0 Å². The van der Waals surface area contributed by atoms with Crippen molar-refractivity contribution in [3.8, 4) is 17.2 Å². The van der Waals surface area contributed by atoms with Crippen molar-refractivity contribution < 1.29 is 0 Å². The summed E-state index contributed by atoms with van der Waals surface area (Å²) >= 11 is 0. The lowest BCUT2D eigenvalue weighted by Crippen LogP contribution is -2.38. The van der Waals surface area contributed by atoms with Crippen molar-refractivity contribution in [2.75, 3.05) is 13.1 Å². The van der Waals surface area contributed by atoms with Gasteiger partial charge in [0, 0.05) is 13.0 Å². The van der Waals surface area contributed by atoms with Gasteiger partial charge in [0.1, 0.15) is 0 Å². The maximum Gasteiger partial charge on any atom is 0.0627 e. The maximum atomic E-state index is 8.96. The van der Waals surface area contributed by atoms with Gasteiger partial charge in [0.25, 0.3) is 0 Å². The zero-order valence-electron chi connectivity index (χ0n) is 14.8. The summed E-state index contributed by atoms with van der Waals surface area (Å²) in [4.78, 5) is 2.51. The zero-order chi connectivity index (χ0) is 17.0. The van der Waals surface area contributed by atoms with E-state index in [0.717, 1.165) is 32.5 Å². The Bertz CT molecular complexity index is 716. The van der Waals surface area contributed by atoms with Crippen molar-refractivity contribution in [2.45, 2.75) is 39.7 Å². The Morgan fingerprint density at radius 2 is 1.75 bits per heavy atom. The first kappa shape index (κ1) is 16.7. The van der Waals surface area contributed by atoms with Crippen molar-refractivity contribution in [1.82, 2.24) is 4.90 Å². The number of benzene rings is 2. The lowest BCUT2D eigenvalue weighted by atomic mass is 9.78. The summed E-state index contributed by atoms with van der Waals surface area (Å²) in [6.45, 7) is 7.59. The molecule has 1 saturated heterocycles. The van der Waals surface area contributed by atoms with Crippen LogP contribution in [0.3, 0.4) is 0 Å². The molecule has 0 amide bonds. The Hall–Kier alpha value is -2.11. The molecule has 1 fully saturated rings. The molecule has 1 heterocycles. The molecule has 124 valence electrons. The van der Waals surface area contributed by atoms with Crippen LogP contribution in [0.15, 0.2) is 48.5 Å². The molecule has 0 spiro atoms. The van der Waals surface area contributed by atoms with E-state index in [1.54, 1.807) is 0 Å². The molecule has 2 aromatic rings. The van der Waals surface area contributed by atoms with Gasteiger partial charge >= 0.3 is 0 Å². The Labute approximate surface area is 145 Å². The van der Waals surface area contributed by atoms with E-state index in [9.17, 15) is 0 Å². The first-order valence-corrected chi connectivity index (χ1v) is 8.83. The number of aryl methyl sites for hydroxylation is 1. The van der Waals surface area contributed by atoms with E-state index in [4.69, 9.17) is 5.26 Å². The molecule has 0 atom stereocenters. The molecule has 0 aliphatic carbocycles. The molecular weight excluding hydrogens is 292 g/mol. The average Bonchev–Trinajstić information content (AvgIpc) is 2.58. The molecule has 0 saturated carbocycles. The van der Waals surface area contributed by atoms with Crippen molar-refractivity contribution in [3.05, 3.63) is 59.7 Å². The predicted molar refractivity (Wildman–Crippen MR) is 99.5 cm³/mol. The number of rotatable bonds is 4. The van der Waals surface area contributed by atoms with Gasteiger partial charge in [-0.25, -0.2) is 0 Å². The van der Waals surface area contributed by atoms with Gasteiger partial charge in [0.05, 0.1) is 6.07 Å². The minimum absolute atomic E-state index is 0.222. The molecule has 3 rings (SSSR count). The second-order valence-corrected chi connectivity index (χ2v) is 7.49. The molecule has 1 aliphatic rings. The topological polar surface area (TPSA) is 27.0 Å². The molecule has 0 N–H and O–H groups in total. The van der Waals surface area contributed by atoms with Gasteiger partial charge < -0.3 is 0 Å². The summed E-state index contributed by atoms with van der Waals surface area (Å²) in [6.07, 6.45) is 2.94. The molecule has 0 aromatic heterocycles. The lowest BCUT2D eigenvalue weighted by Gasteiger charge is -2.38. The standard InChI is InChI=1S/C22H26N2/c1-18-4-3-5-21(16-18)20-8-6-19(7-9-20)17-24-14-11-22(2,10-13-23)12-15-24/h3-9,16H,10-12,14-15,17H2,1-2H3. The molecule has 0 bridgehead atoms. The molecule has 0 radical (unpaired) electrons. The van der Waals surface area contributed by atoms with Crippen LogP contribution in [0.4, 0.5) is 0 Å². The smallest absolute Gasteiger partial charge is 0.0627 e. The maximum absolute atomic E-state index is 8.96. The van der Waals surface area contributed by atoms with Gasteiger partial charge in [-0.15, -0.1) is 0 Å². The van der Waals surface area contributed by atoms with Crippen molar-refractivity contribution in [3.63, 3.8) is 0 Å². The number of likely N-dealkylation sites (tertiary alicyclic amines) is 1. The second kappa shape index (κ2) is 7.20. The number of nitriles is 1. The monoisotopic (exact) mass is 318 g/mol. The van der Waals surface area contributed by atoms with Crippen LogP contribution >= 0.6 is 0 Å². The fourth-order valence-corrected chi connectivity index (χ4v) is 3.50. The van der Waals surface area contributed by atoms with Crippen LogP contribution in [-0.4, -0.2) is 18.0 Å². The van der Waals surface area contributed by atoms with Crippen LogP contribution in [0.25, 0.3) is 11.1 Å². The number of hydrogen-bond donors (Lipinski definition) is 0. The highest BCUT2D eigenvalue weighted by molar-refractivity contribution is 5.64. The number of hydrogen-bond acceptors (Lipinski definition) is 2. The van der Waals surface area contributed by atoms with Crippen molar-refractivity contribution in [2.24, 2.45) is 5.41 Å². The SMILES string of the molecule is Cc1cccc(-c2ccc(CN3CCC(C)(CC#N)CC3)cc2)c1. The average molecular weight is 318 g/mol. The summed E-state index contributed by atoms with van der Waals surface area (Å²) in [7, 11) is 0. The Balaban J connectivity index is 1.60. The minimum atomic E-state index is 0.222. The fourth-order valence-electron chi connectivity index (χ4n) is 3.50. The summed E-state index contributed by atoms with van der Waals surface area (Å²) in [6, 6.07) is 20.0. The third-order valence-electron chi connectivity index (χ3n) is 5.28. The minimum Gasteiger partial charge on any atom is -0.299 e. The summed E-state index contributed by atoms with van der Waals surface area (Å²) < 4.78 is 0. The third kappa shape index (κ3) is 4.04. The van der Waals surface area contributed by atoms with Gasteiger partial charge in [-0.2, -0.15) is 5.26 Å². The molecular formula is C22H26N2. The second-order valence-electron chi connectivity index (χ2n) is 7.49. The van der Waals surface area contributed by atoms with Crippen LogP contribution in [0.2, 0.25) is 0 Å². The van der Waals surface area contributed by atoms with E-state index >= 15 is 0 Å². The quantitative estimate of drug-likeness (QED) is 0.777. The zero-order valence-corrected chi connectivity index (χ0v) is 14.8. The normalized spacial score (nSPS) is 17.4. The summed E-state index contributed by atoms with van der Waals surface area (Å²) in [5, 5.41) is 8.96. The lowest BCUT2D eigenvalue weighted by molar-refractivity contribution is 0.116. The van der Waals surface area contributed by atoms with E-state index in [-0.39, 0.29) is 5.41 Å². The van der Waals surface area contributed by atoms with Gasteiger partial charge in [0.15, 0.2) is 0 Å². The highest BCUT2D eigenvalue weighted by atomic mass is 15.1. The van der Waals surface area contributed by atoms with Gasteiger partial charge in [-0.05, 0) is 55.0 Å². The van der Waals surface area contributed by atoms with E-state index in [0.29, 0.717) is 6.42 Å². The van der Waals surface area contributed by atoms with Crippen LogP contribution in [-0.2, 0) is 6.54 Å². The Morgan fingerprint density at radius 3 is 2.38 bits per heavy atom. The Morgan fingerprint density at radius 1 is 1.04 bits per heavy atom. The van der Waals surface area contributed by atoms with E-state index in [1.807, 2.05) is 0 Å². The van der Waals surface area contributed by atoms with Gasteiger partial charge in [0.2, 0.25) is 0 Å². The van der Waals surface area contributed by atoms with E-state index in [2.05, 4.69) is 73.3 Å². The largest absolute Gasteiger partial charge is 0.299 e. The molecule has 1 aliphatic heterocycles. The predicted octanol–water partition coefficient (Wildman–Crippen LogP) is 5.18. The highest BCUT2D eigenvalue weighted by Crippen LogP contribution is 2.34. The molecule has 0 unspecified atom stereocenters. The third-order valence-corrected chi connectivity index (χ3v) is 5.28. The number of nitrogens with zero attached hydrogens (tertiary/aromatic N) is 2. The van der Waals surface area contributed by atoms with Crippen LogP contribution in [0.5, 0.6) is 0 Å². The summed E-state index contributed by atoms with van der Waals surface area (Å²) in [5.41, 5.74) is 5.45. The van der Waals surface area contributed by atoms with E-state index < -0.39 is 0 Å². The van der Waals surface area contributed by atoms with Crippen LogP contribution in [0.1, 0.15) is 37.3 Å². The van der Waals surface area contributed by atoms with Crippen molar-refractivity contribution in [1.29, 1.82) is 5.26 Å². The van der Waals surface area contributed by atoms with Crippen LogP contribution in [0, 0.1) is 23.7 Å². The summed E-state index contributed by atoms with van der Waals surface area (Å²) in [5.74, 6) is 0.